The summed E-state index contributed by atoms with van der Waals surface area (Å²) in [5.41, 5.74) is -2.95. The van der Waals surface area contributed by atoms with Crippen LogP contribution in [0.4, 0.5) is 27.6 Å². The van der Waals surface area contributed by atoms with Crippen molar-refractivity contribution in [3.05, 3.63) is 71.0 Å². The molecule has 1 N–H and O–H groups in total. The van der Waals surface area contributed by atoms with Crippen LogP contribution in [0.3, 0.4) is 0 Å². The first-order valence-electron chi connectivity index (χ1n) is 8.78. The fourth-order valence-corrected chi connectivity index (χ4v) is 3.31. The van der Waals surface area contributed by atoms with E-state index in [1.54, 1.807) is 0 Å². The van der Waals surface area contributed by atoms with Gasteiger partial charge in [-0.15, -0.1) is 0 Å². The van der Waals surface area contributed by atoms with E-state index in [4.69, 9.17) is 16.1 Å². The minimum atomic E-state index is -4.95. The average Bonchev–Trinajstić information content (AvgIpc) is 3.33. The van der Waals surface area contributed by atoms with Crippen LogP contribution in [0.1, 0.15) is 5.69 Å². The van der Waals surface area contributed by atoms with Crippen molar-refractivity contribution in [2.24, 2.45) is 0 Å². The van der Waals surface area contributed by atoms with E-state index in [1.807, 2.05) is 0 Å². The number of nitrogens with one attached hydrogen (secondary N) is 1. The molecule has 0 bridgehead atoms. The number of carbonyl (C=O) groups is 1. The maximum absolute atomic E-state index is 14.4. The van der Waals surface area contributed by atoms with Gasteiger partial charge in [-0.1, -0.05) is 28.9 Å². The molecule has 0 radical (unpaired) electrons. The zero-order chi connectivity index (χ0) is 23.0. The Labute approximate surface area is 181 Å². The zero-order valence-electron chi connectivity index (χ0n) is 15.6. The quantitative estimate of drug-likeness (QED) is 0.301. The Morgan fingerprint density at radius 3 is 2.53 bits per heavy atom. The number of aromatic nitrogens is 3. The van der Waals surface area contributed by atoms with Gasteiger partial charge in [0.25, 0.3) is 0 Å². The summed E-state index contributed by atoms with van der Waals surface area (Å²) < 4.78 is 75.0. The smallest absolute Gasteiger partial charge is 0.353 e. The molecule has 0 aliphatic carbocycles. The van der Waals surface area contributed by atoms with E-state index in [9.17, 15) is 26.7 Å². The Hall–Kier alpha value is -3.73. The molecule has 4 aromatic rings. The monoisotopic (exact) mass is 468 g/mol. The number of hydrogen-bond acceptors (Lipinski definition) is 4. The van der Waals surface area contributed by atoms with E-state index in [2.05, 4.69) is 15.6 Å². The van der Waals surface area contributed by atoms with Crippen molar-refractivity contribution in [2.45, 2.75) is 6.18 Å². The summed E-state index contributed by atoms with van der Waals surface area (Å²) in [7, 11) is 0. The highest BCUT2D eigenvalue weighted by molar-refractivity contribution is 6.33. The van der Waals surface area contributed by atoms with Gasteiger partial charge in [0.15, 0.2) is 11.5 Å². The van der Waals surface area contributed by atoms with Gasteiger partial charge in [-0.2, -0.15) is 18.3 Å². The summed E-state index contributed by atoms with van der Waals surface area (Å²) in [6.07, 6.45) is -3.85. The lowest BCUT2D eigenvalue weighted by Crippen LogP contribution is -2.09. The molecular formula is C20H10ClF5N4O2. The van der Waals surface area contributed by atoms with E-state index in [-0.39, 0.29) is 34.1 Å². The number of hydrogen-bond donors (Lipinski definition) is 1. The first-order chi connectivity index (χ1) is 15.2. The Morgan fingerprint density at radius 1 is 1.12 bits per heavy atom. The highest BCUT2D eigenvalue weighted by Crippen LogP contribution is 2.44. The zero-order valence-corrected chi connectivity index (χ0v) is 16.4. The van der Waals surface area contributed by atoms with Crippen molar-refractivity contribution < 1.29 is 31.3 Å². The third-order valence-electron chi connectivity index (χ3n) is 4.40. The van der Waals surface area contributed by atoms with Crippen molar-refractivity contribution in [2.75, 3.05) is 5.32 Å². The Kier molecular flexibility index (Phi) is 5.43. The molecule has 0 aliphatic heterocycles. The minimum Gasteiger partial charge on any atom is -0.353 e. The van der Waals surface area contributed by atoms with Gasteiger partial charge >= 0.3 is 6.18 Å². The van der Waals surface area contributed by atoms with E-state index in [0.29, 0.717) is 0 Å². The number of carbonyl (C=O) groups excluding carboxylic acids is 1. The van der Waals surface area contributed by atoms with Crippen molar-refractivity contribution in [3.63, 3.8) is 0 Å². The molecule has 0 fully saturated rings. The lowest BCUT2D eigenvalue weighted by molar-refractivity contribution is -0.140. The topological polar surface area (TPSA) is 73.0 Å². The molecule has 0 saturated heterocycles. The number of amides is 1. The summed E-state index contributed by atoms with van der Waals surface area (Å²) in [4.78, 5) is 11.2. The Balaban J connectivity index is 1.96. The van der Waals surface area contributed by atoms with Crippen molar-refractivity contribution in [3.8, 4) is 28.3 Å². The molecule has 32 heavy (non-hydrogen) atoms. The van der Waals surface area contributed by atoms with Gasteiger partial charge < -0.3 is 9.84 Å². The number of rotatable bonds is 5. The van der Waals surface area contributed by atoms with Gasteiger partial charge in [-0.05, 0) is 30.3 Å². The lowest BCUT2D eigenvalue weighted by atomic mass is 10.1. The fraction of sp³-hybridized carbons (Fsp3) is 0.0500. The molecular weight excluding hydrogens is 459 g/mol. The number of halogens is 6. The van der Waals surface area contributed by atoms with Crippen LogP contribution >= 0.6 is 11.6 Å². The molecule has 0 saturated carbocycles. The van der Waals surface area contributed by atoms with E-state index in [0.717, 1.165) is 29.1 Å². The molecule has 0 unspecified atom stereocenters. The average molecular weight is 469 g/mol. The predicted molar refractivity (Wildman–Crippen MR) is 104 cm³/mol. The molecule has 0 atom stereocenters. The van der Waals surface area contributed by atoms with Crippen LogP contribution in [0, 0.1) is 11.6 Å². The third kappa shape index (κ3) is 3.82. The summed E-state index contributed by atoms with van der Waals surface area (Å²) >= 11 is 6.02. The normalized spacial score (nSPS) is 11.6. The summed E-state index contributed by atoms with van der Waals surface area (Å²) in [6, 6.07) is 8.45. The number of benzene rings is 2. The lowest BCUT2D eigenvalue weighted by Gasteiger charge is -2.07. The van der Waals surface area contributed by atoms with Crippen LogP contribution in [-0.4, -0.2) is 21.3 Å². The maximum atomic E-state index is 14.4. The molecule has 0 spiro atoms. The van der Waals surface area contributed by atoms with Crippen LogP contribution in [0.5, 0.6) is 0 Å². The molecule has 164 valence electrons. The van der Waals surface area contributed by atoms with E-state index < -0.39 is 34.8 Å². The predicted octanol–water partition coefficient (Wildman–Crippen LogP) is 5.71. The van der Waals surface area contributed by atoms with Crippen molar-refractivity contribution in [1.82, 2.24) is 14.9 Å². The van der Waals surface area contributed by atoms with Gasteiger partial charge in [0.2, 0.25) is 6.41 Å². The first kappa shape index (κ1) is 21.5. The summed E-state index contributed by atoms with van der Waals surface area (Å²) in [5.74, 6) is -2.06. The van der Waals surface area contributed by atoms with Crippen LogP contribution in [-0.2, 0) is 11.0 Å². The van der Waals surface area contributed by atoms with Gasteiger partial charge in [0.05, 0.1) is 21.8 Å². The van der Waals surface area contributed by atoms with Gasteiger partial charge in [-0.3, -0.25) is 4.79 Å². The third-order valence-corrected chi connectivity index (χ3v) is 4.71. The standard InChI is InChI=1S/C20H10ClF5N4O2/c21-13-5-2-6-14(23)15(13)16-17(27-9-31)18(32-29-16)12-8-30(28-19(12)20(24,25)26)11-4-1-3-10(22)7-11/h1-9H,(H,27,31). The molecule has 2 heterocycles. The highest BCUT2D eigenvalue weighted by atomic mass is 35.5. The SMILES string of the molecule is O=CNc1c(-c2c(F)cccc2Cl)noc1-c1cn(-c2cccc(F)c2)nc1C(F)(F)F. The summed E-state index contributed by atoms with van der Waals surface area (Å²) in [5, 5.41) is 9.23. The Bertz CT molecular complexity index is 1300. The molecule has 4 rings (SSSR count). The van der Waals surface area contributed by atoms with Crippen LogP contribution in [0.2, 0.25) is 5.02 Å². The van der Waals surface area contributed by atoms with Crippen LogP contribution < -0.4 is 5.32 Å². The van der Waals surface area contributed by atoms with Gasteiger partial charge in [-0.25, -0.2) is 13.5 Å². The van der Waals surface area contributed by atoms with Crippen LogP contribution in [0.15, 0.2) is 53.2 Å². The van der Waals surface area contributed by atoms with Crippen molar-refractivity contribution >= 4 is 23.7 Å². The highest BCUT2D eigenvalue weighted by Gasteiger charge is 2.40. The maximum Gasteiger partial charge on any atom is 0.435 e. The Morgan fingerprint density at radius 2 is 1.88 bits per heavy atom. The minimum absolute atomic E-state index is 0.00327. The second kappa shape index (κ2) is 8.08. The van der Waals surface area contributed by atoms with Gasteiger partial charge in [0.1, 0.15) is 23.0 Å². The van der Waals surface area contributed by atoms with Crippen molar-refractivity contribution in [1.29, 1.82) is 0 Å². The van der Waals surface area contributed by atoms with E-state index >= 15 is 0 Å². The van der Waals surface area contributed by atoms with E-state index in [1.165, 1.54) is 24.3 Å². The largest absolute Gasteiger partial charge is 0.435 e. The second-order valence-electron chi connectivity index (χ2n) is 6.41. The summed E-state index contributed by atoms with van der Waals surface area (Å²) in [6.45, 7) is 0. The second-order valence-corrected chi connectivity index (χ2v) is 6.81. The number of nitrogens with zero attached hydrogens (tertiary/aromatic N) is 3. The molecule has 2 aromatic carbocycles. The first-order valence-corrected chi connectivity index (χ1v) is 9.16. The fourth-order valence-electron chi connectivity index (χ4n) is 3.06. The number of anilines is 1. The van der Waals surface area contributed by atoms with Gasteiger partial charge in [0, 0.05) is 6.20 Å². The number of alkyl halides is 3. The molecule has 6 nitrogen and oxygen atoms in total. The van der Waals surface area contributed by atoms with Crippen LogP contribution in [0.25, 0.3) is 28.3 Å². The molecule has 0 aliphatic rings. The molecule has 1 amide bonds. The molecule has 12 heteroatoms. The molecule has 2 aromatic heterocycles.